The molecular formula is C12H26N4. The van der Waals surface area contributed by atoms with Crippen molar-refractivity contribution in [3.63, 3.8) is 0 Å². The van der Waals surface area contributed by atoms with Crippen LogP contribution in [-0.2, 0) is 0 Å². The second-order valence-electron chi connectivity index (χ2n) is 5.30. The molecule has 0 aromatic heterocycles. The number of nitrogens with one attached hydrogen (secondary N) is 1. The highest BCUT2D eigenvalue weighted by atomic mass is 15.3. The Morgan fingerprint density at radius 2 is 1.69 bits per heavy atom. The van der Waals surface area contributed by atoms with E-state index in [0.29, 0.717) is 6.04 Å². The predicted molar refractivity (Wildman–Crippen MR) is 67.8 cm³/mol. The fourth-order valence-electron chi connectivity index (χ4n) is 2.57. The Labute approximate surface area is 99.6 Å². The minimum absolute atomic E-state index is 0.668. The third kappa shape index (κ3) is 3.70. The van der Waals surface area contributed by atoms with Gasteiger partial charge in [-0.2, -0.15) is 0 Å². The molecule has 2 saturated heterocycles. The molecule has 2 aliphatic heterocycles. The molecule has 0 aromatic carbocycles. The van der Waals surface area contributed by atoms with Crippen LogP contribution in [0.2, 0.25) is 0 Å². The van der Waals surface area contributed by atoms with Crippen molar-refractivity contribution in [2.45, 2.75) is 13.0 Å². The molecule has 0 aliphatic carbocycles. The molecule has 2 rings (SSSR count). The summed E-state index contributed by atoms with van der Waals surface area (Å²) in [7, 11) is 2.22. The van der Waals surface area contributed by atoms with Crippen LogP contribution in [0.25, 0.3) is 0 Å². The summed E-state index contributed by atoms with van der Waals surface area (Å²) in [5, 5.41) is 3.49. The van der Waals surface area contributed by atoms with E-state index in [2.05, 4.69) is 34.0 Å². The van der Waals surface area contributed by atoms with Crippen molar-refractivity contribution in [2.75, 3.05) is 66.0 Å². The van der Waals surface area contributed by atoms with Gasteiger partial charge in [0.2, 0.25) is 0 Å². The second-order valence-corrected chi connectivity index (χ2v) is 5.30. The lowest BCUT2D eigenvalue weighted by atomic mass is 10.2. The molecule has 0 amide bonds. The van der Waals surface area contributed by atoms with Crippen LogP contribution in [0.1, 0.15) is 6.92 Å². The molecule has 0 saturated carbocycles. The first-order chi connectivity index (χ1) is 7.74. The van der Waals surface area contributed by atoms with Gasteiger partial charge in [-0.15, -0.1) is 0 Å². The molecule has 16 heavy (non-hydrogen) atoms. The lowest BCUT2D eigenvalue weighted by Gasteiger charge is -2.36. The molecule has 0 aromatic rings. The second kappa shape index (κ2) is 5.96. The van der Waals surface area contributed by atoms with Crippen molar-refractivity contribution in [1.82, 2.24) is 20.0 Å². The molecule has 0 spiro atoms. The number of hydrogen-bond donors (Lipinski definition) is 1. The van der Waals surface area contributed by atoms with Crippen LogP contribution in [0.5, 0.6) is 0 Å². The van der Waals surface area contributed by atoms with Crippen LogP contribution in [0, 0.1) is 0 Å². The molecule has 2 heterocycles. The van der Waals surface area contributed by atoms with E-state index in [1.54, 1.807) is 0 Å². The number of rotatable bonds is 3. The van der Waals surface area contributed by atoms with E-state index in [1.165, 1.54) is 52.4 Å². The molecule has 0 bridgehead atoms. The average molecular weight is 226 g/mol. The van der Waals surface area contributed by atoms with Gasteiger partial charge in [0.05, 0.1) is 0 Å². The van der Waals surface area contributed by atoms with E-state index >= 15 is 0 Å². The van der Waals surface area contributed by atoms with Gasteiger partial charge in [0.1, 0.15) is 0 Å². The Bertz CT molecular complexity index is 201. The van der Waals surface area contributed by atoms with Gasteiger partial charge in [0.25, 0.3) is 0 Å². The van der Waals surface area contributed by atoms with Gasteiger partial charge in [-0.25, -0.2) is 0 Å². The van der Waals surface area contributed by atoms with E-state index < -0.39 is 0 Å². The fraction of sp³-hybridized carbons (Fsp3) is 1.00. The van der Waals surface area contributed by atoms with Gasteiger partial charge in [-0.3, -0.25) is 9.80 Å². The fourth-order valence-corrected chi connectivity index (χ4v) is 2.57. The Morgan fingerprint density at radius 3 is 2.38 bits per heavy atom. The molecule has 1 atom stereocenters. The predicted octanol–water partition coefficient (Wildman–Crippen LogP) is -0.472. The molecule has 0 unspecified atom stereocenters. The van der Waals surface area contributed by atoms with Gasteiger partial charge in [-0.1, -0.05) is 0 Å². The number of piperazine rings is 2. The summed E-state index contributed by atoms with van der Waals surface area (Å²) in [6.45, 7) is 13.3. The van der Waals surface area contributed by atoms with Crippen molar-refractivity contribution in [2.24, 2.45) is 0 Å². The summed E-state index contributed by atoms with van der Waals surface area (Å²) in [5.41, 5.74) is 0. The summed E-state index contributed by atoms with van der Waals surface area (Å²) >= 11 is 0. The highest BCUT2D eigenvalue weighted by Gasteiger charge is 2.18. The van der Waals surface area contributed by atoms with Crippen molar-refractivity contribution < 1.29 is 0 Å². The summed E-state index contributed by atoms with van der Waals surface area (Å²) in [6.07, 6.45) is 0. The van der Waals surface area contributed by atoms with Crippen LogP contribution in [0.15, 0.2) is 0 Å². The van der Waals surface area contributed by atoms with Gasteiger partial charge in [0, 0.05) is 64.9 Å². The van der Waals surface area contributed by atoms with Crippen molar-refractivity contribution in [3.05, 3.63) is 0 Å². The third-order valence-electron chi connectivity index (χ3n) is 3.78. The zero-order chi connectivity index (χ0) is 11.4. The molecular weight excluding hydrogens is 200 g/mol. The zero-order valence-electron chi connectivity index (χ0n) is 10.8. The van der Waals surface area contributed by atoms with Crippen molar-refractivity contribution in [3.8, 4) is 0 Å². The monoisotopic (exact) mass is 226 g/mol. The highest BCUT2D eigenvalue weighted by molar-refractivity contribution is 4.77. The number of likely N-dealkylation sites (N-methyl/N-ethyl adjacent to an activating group) is 1. The minimum atomic E-state index is 0.668. The number of nitrogens with zero attached hydrogens (tertiary/aromatic N) is 3. The lowest BCUT2D eigenvalue weighted by Crippen LogP contribution is -2.52. The van der Waals surface area contributed by atoms with Crippen LogP contribution < -0.4 is 5.32 Å². The third-order valence-corrected chi connectivity index (χ3v) is 3.78. The molecule has 2 aliphatic rings. The minimum Gasteiger partial charge on any atom is -0.312 e. The summed E-state index contributed by atoms with van der Waals surface area (Å²) < 4.78 is 0. The Kier molecular flexibility index (Phi) is 4.58. The first kappa shape index (κ1) is 12.3. The Balaban J connectivity index is 1.63. The van der Waals surface area contributed by atoms with Crippen LogP contribution in [0.4, 0.5) is 0 Å². The molecule has 0 radical (unpaired) electrons. The maximum Gasteiger partial charge on any atom is 0.0167 e. The first-order valence-electron chi connectivity index (χ1n) is 6.60. The highest BCUT2D eigenvalue weighted by Crippen LogP contribution is 2.02. The van der Waals surface area contributed by atoms with E-state index in [4.69, 9.17) is 0 Å². The van der Waals surface area contributed by atoms with E-state index in [-0.39, 0.29) is 0 Å². The van der Waals surface area contributed by atoms with Gasteiger partial charge >= 0.3 is 0 Å². The first-order valence-corrected chi connectivity index (χ1v) is 6.60. The quantitative estimate of drug-likeness (QED) is 0.702. The maximum absolute atomic E-state index is 3.49. The van der Waals surface area contributed by atoms with Gasteiger partial charge in [-0.05, 0) is 14.0 Å². The average Bonchev–Trinajstić information content (AvgIpc) is 2.28. The van der Waals surface area contributed by atoms with Crippen molar-refractivity contribution >= 4 is 0 Å². The molecule has 4 heteroatoms. The lowest BCUT2D eigenvalue weighted by molar-refractivity contribution is 0.125. The molecule has 1 N–H and O–H groups in total. The Hall–Kier alpha value is -0.160. The largest absolute Gasteiger partial charge is 0.312 e. The van der Waals surface area contributed by atoms with E-state index in [0.717, 1.165) is 6.54 Å². The van der Waals surface area contributed by atoms with Gasteiger partial charge < -0.3 is 10.2 Å². The standard InChI is InChI=1S/C12H26N4/c1-12-11-16(4-3-13-12)10-9-15-7-5-14(2)6-8-15/h12-13H,3-11H2,1-2H3/t12-/m1/s1. The maximum atomic E-state index is 3.49. The van der Waals surface area contributed by atoms with Gasteiger partial charge in [0.15, 0.2) is 0 Å². The number of hydrogen-bond acceptors (Lipinski definition) is 4. The smallest absolute Gasteiger partial charge is 0.0167 e. The van der Waals surface area contributed by atoms with E-state index in [1.807, 2.05) is 0 Å². The topological polar surface area (TPSA) is 21.8 Å². The molecule has 4 nitrogen and oxygen atoms in total. The normalized spacial score (nSPS) is 30.8. The van der Waals surface area contributed by atoms with Crippen LogP contribution >= 0.6 is 0 Å². The summed E-state index contributed by atoms with van der Waals surface area (Å²) in [6, 6.07) is 0.668. The van der Waals surface area contributed by atoms with Crippen LogP contribution in [0.3, 0.4) is 0 Å². The summed E-state index contributed by atoms with van der Waals surface area (Å²) in [5.74, 6) is 0. The molecule has 2 fully saturated rings. The van der Waals surface area contributed by atoms with Crippen LogP contribution in [-0.4, -0.2) is 86.7 Å². The van der Waals surface area contributed by atoms with E-state index in [9.17, 15) is 0 Å². The summed E-state index contributed by atoms with van der Waals surface area (Å²) in [4.78, 5) is 7.62. The van der Waals surface area contributed by atoms with Crippen molar-refractivity contribution in [1.29, 1.82) is 0 Å². The Morgan fingerprint density at radius 1 is 1.00 bits per heavy atom. The zero-order valence-corrected chi connectivity index (χ0v) is 10.8. The molecule has 94 valence electrons. The SMILES string of the molecule is C[C@@H]1CN(CCN2CCN(C)CC2)CCN1.